The Hall–Kier alpha value is -0.510. The molecule has 1 rings (SSSR count). The molecule has 1 atom stereocenters. The van der Waals surface area contributed by atoms with E-state index < -0.39 is 0 Å². The molecule has 0 fully saturated rings. The fourth-order valence-corrected chi connectivity index (χ4v) is 3.06. The van der Waals surface area contributed by atoms with Crippen molar-refractivity contribution in [1.82, 2.24) is 10.2 Å². The van der Waals surface area contributed by atoms with Crippen LogP contribution in [0.4, 0.5) is 0 Å². The second-order valence-corrected chi connectivity index (χ2v) is 6.35. The second-order valence-electron chi connectivity index (χ2n) is 5.19. The Balaban J connectivity index is 2.01. The van der Waals surface area contributed by atoms with Crippen LogP contribution in [0.15, 0.2) is 35.2 Å². The smallest absolute Gasteiger partial charge is 0.0106 e. The van der Waals surface area contributed by atoms with Gasteiger partial charge in [-0.15, -0.1) is 11.8 Å². The van der Waals surface area contributed by atoms with Gasteiger partial charge in [0.25, 0.3) is 0 Å². The van der Waals surface area contributed by atoms with Crippen LogP contribution in [0, 0.1) is 0 Å². The predicted octanol–water partition coefficient (Wildman–Crippen LogP) is 3.88. The van der Waals surface area contributed by atoms with Crippen molar-refractivity contribution in [2.24, 2.45) is 0 Å². The Kier molecular flexibility index (Phi) is 9.81. The maximum atomic E-state index is 3.62. The molecular weight excluding hydrogens is 264 g/mol. The molecule has 3 heteroatoms. The quantitative estimate of drug-likeness (QED) is 0.492. The summed E-state index contributed by atoms with van der Waals surface area (Å²) in [7, 11) is 0. The van der Waals surface area contributed by atoms with Crippen molar-refractivity contribution in [2.75, 3.05) is 31.9 Å². The third kappa shape index (κ3) is 7.93. The molecule has 1 aromatic carbocycles. The first-order valence-corrected chi connectivity index (χ1v) is 8.88. The molecule has 0 saturated heterocycles. The van der Waals surface area contributed by atoms with Crippen LogP contribution in [0.3, 0.4) is 0 Å². The van der Waals surface area contributed by atoms with Crippen molar-refractivity contribution in [1.29, 1.82) is 0 Å². The molecule has 0 amide bonds. The highest BCUT2D eigenvalue weighted by Crippen LogP contribution is 2.15. The fourth-order valence-electron chi connectivity index (χ4n) is 2.25. The average Bonchev–Trinajstić information content (AvgIpc) is 2.49. The summed E-state index contributed by atoms with van der Waals surface area (Å²) in [5.74, 6) is 1.14. The first-order valence-electron chi connectivity index (χ1n) is 7.89. The lowest BCUT2D eigenvalue weighted by atomic mass is 10.2. The van der Waals surface area contributed by atoms with Gasteiger partial charge < -0.3 is 10.2 Å². The number of rotatable bonds is 11. The van der Waals surface area contributed by atoms with E-state index in [0.29, 0.717) is 6.04 Å². The Morgan fingerprint density at radius 2 is 1.85 bits per heavy atom. The van der Waals surface area contributed by atoms with Gasteiger partial charge >= 0.3 is 0 Å². The minimum absolute atomic E-state index is 0.627. The molecule has 1 N–H and O–H groups in total. The van der Waals surface area contributed by atoms with Crippen LogP contribution < -0.4 is 5.32 Å². The normalized spacial score (nSPS) is 12.8. The summed E-state index contributed by atoms with van der Waals surface area (Å²) in [6.45, 7) is 11.5. The highest BCUT2D eigenvalue weighted by molar-refractivity contribution is 7.99. The molecule has 0 spiro atoms. The van der Waals surface area contributed by atoms with E-state index in [0.717, 1.165) is 12.3 Å². The van der Waals surface area contributed by atoms with E-state index in [9.17, 15) is 0 Å². The summed E-state index contributed by atoms with van der Waals surface area (Å²) >= 11 is 1.93. The SMILES string of the molecule is CCN(CC)CCCC(C)NCCSc1ccccc1. The standard InChI is InChI=1S/C17H30N2S/c1-4-19(5-2)14-9-10-16(3)18-13-15-20-17-11-7-6-8-12-17/h6-8,11-12,16,18H,4-5,9-10,13-15H2,1-3H3. The maximum absolute atomic E-state index is 3.62. The van der Waals surface area contributed by atoms with Crippen LogP contribution in [-0.2, 0) is 0 Å². The number of nitrogens with zero attached hydrogens (tertiary/aromatic N) is 1. The highest BCUT2D eigenvalue weighted by Gasteiger charge is 2.03. The van der Waals surface area contributed by atoms with Crippen LogP contribution in [0.25, 0.3) is 0 Å². The molecule has 0 aliphatic carbocycles. The molecule has 0 radical (unpaired) electrons. The lowest BCUT2D eigenvalue weighted by Gasteiger charge is -2.19. The molecule has 1 unspecified atom stereocenters. The van der Waals surface area contributed by atoms with Gasteiger partial charge in [-0.25, -0.2) is 0 Å². The minimum atomic E-state index is 0.627. The highest BCUT2D eigenvalue weighted by atomic mass is 32.2. The molecule has 0 aliphatic rings. The molecular formula is C17H30N2S. The first-order chi connectivity index (χ1) is 9.76. The summed E-state index contributed by atoms with van der Waals surface area (Å²) in [6.07, 6.45) is 2.56. The van der Waals surface area contributed by atoms with Gasteiger partial charge in [0.15, 0.2) is 0 Å². The molecule has 0 saturated carbocycles. The zero-order valence-corrected chi connectivity index (χ0v) is 14.1. The summed E-state index contributed by atoms with van der Waals surface area (Å²) < 4.78 is 0. The average molecular weight is 295 g/mol. The Morgan fingerprint density at radius 3 is 2.50 bits per heavy atom. The summed E-state index contributed by atoms with van der Waals surface area (Å²) in [6, 6.07) is 11.3. The Bertz CT molecular complexity index is 325. The van der Waals surface area contributed by atoms with Crippen molar-refractivity contribution in [2.45, 2.75) is 44.6 Å². The fraction of sp³-hybridized carbons (Fsp3) is 0.647. The van der Waals surface area contributed by atoms with E-state index in [1.165, 1.54) is 37.4 Å². The number of hydrogen-bond donors (Lipinski definition) is 1. The lowest BCUT2D eigenvalue weighted by molar-refractivity contribution is 0.291. The number of thioether (sulfide) groups is 1. The van der Waals surface area contributed by atoms with Crippen molar-refractivity contribution in [3.63, 3.8) is 0 Å². The van der Waals surface area contributed by atoms with Gasteiger partial charge in [0.1, 0.15) is 0 Å². The molecule has 2 nitrogen and oxygen atoms in total. The van der Waals surface area contributed by atoms with Crippen LogP contribution in [0.5, 0.6) is 0 Å². The first kappa shape index (κ1) is 17.5. The Labute approximate surface area is 129 Å². The van der Waals surface area contributed by atoms with Crippen molar-refractivity contribution >= 4 is 11.8 Å². The number of benzene rings is 1. The second kappa shape index (κ2) is 11.2. The number of hydrogen-bond acceptors (Lipinski definition) is 3. The zero-order valence-electron chi connectivity index (χ0n) is 13.3. The predicted molar refractivity (Wildman–Crippen MR) is 91.7 cm³/mol. The maximum Gasteiger partial charge on any atom is 0.0106 e. The lowest BCUT2D eigenvalue weighted by Crippen LogP contribution is -2.30. The third-order valence-corrected chi connectivity index (χ3v) is 4.63. The summed E-state index contributed by atoms with van der Waals surface area (Å²) in [4.78, 5) is 3.86. The van der Waals surface area contributed by atoms with Gasteiger partial charge in [0, 0.05) is 23.2 Å². The molecule has 1 aromatic rings. The molecule has 0 aliphatic heterocycles. The van der Waals surface area contributed by atoms with Crippen molar-refractivity contribution in [3.05, 3.63) is 30.3 Å². The molecule has 114 valence electrons. The van der Waals surface area contributed by atoms with E-state index in [1.807, 2.05) is 11.8 Å². The largest absolute Gasteiger partial charge is 0.313 e. The van der Waals surface area contributed by atoms with E-state index in [2.05, 4.69) is 61.3 Å². The van der Waals surface area contributed by atoms with Crippen LogP contribution >= 0.6 is 11.8 Å². The van der Waals surface area contributed by atoms with Gasteiger partial charge in [-0.05, 0) is 51.5 Å². The van der Waals surface area contributed by atoms with Gasteiger partial charge in [-0.1, -0.05) is 32.0 Å². The monoisotopic (exact) mass is 294 g/mol. The topological polar surface area (TPSA) is 15.3 Å². The summed E-state index contributed by atoms with van der Waals surface area (Å²) in [5, 5.41) is 3.62. The van der Waals surface area contributed by atoms with E-state index in [-0.39, 0.29) is 0 Å². The van der Waals surface area contributed by atoms with Crippen molar-refractivity contribution < 1.29 is 0 Å². The van der Waals surface area contributed by atoms with E-state index >= 15 is 0 Å². The van der Waals surface area contributed by atoms with E-state index in [1.54, 1.807) is 0 Å². The van der Waals surface area contributed by atoms with Crippen molar-refractivity contribution in [3.8, 4) is 0 Å². The summed E-state index contributed by atoms with van der Waals surface area (Å²) in [5.41, 5.74) is 0. The minimum Gasteiger partial charge on any atom is -0.313 e. The van der Waals surface area contributed by atoms with Crippen LogP contribution in [0.1, 0.15) is 33.6 Å². The molecule has 0 bridgehead atoms. The molecule has 20 heavy (non-hydrogen) atoms. The van der Waals surface area contributed by atoms with Crippen LogP contribution in [-0.4, -0.2) is 42.9 Å². The van der Waals surface area contributed by atoms with Gasteiger partial charge in [-0.2, -0.15) is 0 Å². The van der Waals surface area contributed by atoms with Gasteiger partial charge in [-0.3, -0.25) is 0 Å². The molecule has 0 aromatic heterocycles. The van der Waals surface area contributed by atoms with Gasteiger partial charge in [0.05, 0.1) is 0 Å². The number of nitrogens with one attached hydrogen (secondary N) is 1. The molecule has 0 heterocycles. The van der Waals surface area contributed by atoms with Gasteiger partial charge in [0.2, 0.25) is 0 Å². The Morgan fingerprint density at radius 1 is 1.15 bits per heavy atom. The van der Waals surface area contributed by atoms with Crippen LogP contribution in [0.2, 0.25) is 0 Å². The van der Waals surface area contributed by atoms with E-state index in [4.69, 9.17) is 0 Å². The third-order valence-electron chi connectivity index (χ3n) is 3.61. The zero-order chi connectivity index (χ0) is 14.6.